The van der Waals surface area contributed by atoms with E-state index in [4.69, 9.17) is 10.9 Å². The molecule has 0 heterocycles. The van der Waals surface area contributed by atoms with Crippen molar-refractivity contribution in [2.24, 2.45) is 5.14 Å². The summed E-state index contributed by atoms with van der Waals surface area (Å²) in [6, 6.07) is 5.11. The fraction of sp³-hybridized carbons (Fsp3) is 0.500. The number of hydrogen-bond donors (Lipinski definition) is 2. The minimum Gasteiger partial charge on any atom is -0.397 e. The molecule has 0 atom stereocenters. The molecular weight excluding hydrogens is 236 g/mol. The normalized spacial score (nSPS) is 18.2. The maximum Gasteiger partial charge on any atom is 0.240 e. The zero-order valence-corrected chi connectivity index (χ0v) is 10.5. The topological polar surface area (TPSA) is 86.2 Å². The molecule has 0 amide bonds. The number of anilines is 1. The molecule has 1 aromatic carbocycles. The van der Waals surface area contributed by atoms with E-state index in [9.17, 15) is 8.42 Å². The van der Waals surface area contributed by atoms with Crippen molar-refractivity contribution < 1.29 is 8.42 Å². The largest absolute Gasteiger partial charge is 0.397 e. The van der Waals surface area contributed by atoms with Crippen LogP contribution in [0.25, 0.3) is 0 Å². The Labute approximate surface area is 102 Å². The minimum absolute atomic E-state index is 0.0561. The van der Waals surface area contributed by atoms with E-state index < -0.39 is 10.0 Å². The molecule has 1 aliphatic carbocycles. The van der Waals surface area contributed by atoms with Crippen LogP contribution in [0.1, 0.15) is 43.6 Å². The molecule has 4 nitrogen and oxygen atoms in total. The highest BCUT2D eigenvalue weighted by Gasteiger charge is 2.21. The van der Waals surface area contributed by atoms with E-state index in [-0.39, 0.29) is 4.90 Å². The summed E-state index contributed by atoms with van der Waals surface area (Å²) in [6.07, 6.45) is 5.79. The second-order valence-electron chi connectivity index (χ2n) is 4.64. The third kappa shape index (κ3) is 2.61. The summed E-state index contributed by atoms with van der Waals surface area (Å²) in [5.74, 6) is 0.380. The molecule has 94 valence electrons. The standard InChI is InChI=1S/C12H18N2O2S/c13-12-10(9-5-2-1-3-6-9)7-4-8-11(12)17(14,15)16/h4,7-9H,1-3,5-6,13H2,(H2,14,15,16). The maximum atomic E-state index is 11.4. The lowest BCUT2D eigenvalue weighted by molar-refractivity contribution is 0.444. The summed E-state index contributed by atoms with van der Waals surface area (Å²) >= 11 is 0. The van der Waals surface area contributed by atoms with Gasteiger partial charge in [0, 0.05) is 0 Å². The van der Waals surface area contributed by atoms with Gasteiger partial charge in [-0.2, -0.15) is 0 Å². The molecule has 1 fully saturated rings. The van der Waals surface area contributed by atoms with Crippen LogP contribution in [0.5, 0.6) is 0 Å². The first-order chi connectivity index (χ1) is 8.00. The number of primary sulfonamides is 1. The van der Waals surface area contributed by atoms with Gasteiger partial charge in [0.05, 0.1) is 5.69 Å². The zero-order chi connectivity index (χ0) is 12.5. The van der Waals surface area contributed by atoms with Crippen molar-refractivity contribution in [3.05, 3.63) is 23.8 Å². The summed E-state index contributed by atoms with van der Waals surface area (Å²) in [5.41, 5.74) is 7.22. The van der Waals surface area contributed by atoms with E-state index in [2.05, 4.69) is 0 Å². The van der Waals surface area contributed by atoms with Gasteiger partial charge in [0.15, 0.2) is 0 Å². The fourth-order valence-electron chi connectivity index (χ4n) is 2.58. The lowest BCUT2D eigenvalue weighted by atomic mass is 9.83. The molecule has 0 radical (unpaired) electrons. The van der Waals surface area contributed by atoms with Gasteiger partial charge in [0.2, 0.25) is 10.0 Å². The third-order valence-electron chi connectivity index (χ3n) is 3.45. The van der Waals surface area contributed by atoms with Crippen molar-refractivity contribution in [1.82, 2.24) is 0 Å². The van der Waals surface area contributed by atoms with Gasteiger partial charge in [-0.05, 0) is 30.4 Å². The number of nitrogen functional groups attached to an aromatic ring is 1. The molecule has 1 aromatic rings. The van der Waals surface area contributed by atoms with Crippen LogP contribution in [0.2, 0.25) is 0 Å². The second-order valence-corrected chi connectivity index (χ2v) is 6.17. The summed E-state index contributed by atoms with van der Waals surface area (Å²) in [4.78, 5) is 0.0561. The Bertz CT molecular complexity index is 505. The first-order valence-electron chi connectivity index (χ1n) is 5.91. The lowest BCUT2D eigenvalue weighted by Gasteiger charge is -2.23. The Morgan fingerprint density at radius 2 is 1.76 bits per heavy atom. The molecule has 0 bridgehead atoms. The van der Waals surface area contributed by atoms with Crippen LogP contribution >= 0.6 is 0 Å². The van der Waals surface area contributed by atoms with Crippen molar-refractivity contribution in [2.45, 2.75) is 42.9 Å². The quantitative estimate of drug-likeness (QED) is 0.791. The second kappa shape index (κ2) is 4.66. The summed E-state index contributed by atoms with van der Waals surface area (Å²) in [5, 5.41) is 5.15. The van der Waals surface area contributed by atoms with Crippen LogP contribution in [0.15, 0.2) is 23.1 Å². The number of para-hydroxylation sites is 1. The number of nitrogens with two attached hydrogens (primary N) is 2. The molecule has 0 aromatic heterocycles. The number of hydrogen-bond acceptors (Lipinski definition) is 3. The average molecular weight is 254 g/mol. The van der Waals surface area contributed by atoms with Crippen molar-refractivity contribution in [3.63, 3.8) is 0 Å². The molecule has 2 rings (SSSR count). The molecule has 0 unspecified atom stereocenters. The Balaban J connectivity index is 2.42. The van der Waals surface area contributed by atoms with E-state index in [1.54, 1.807) is 6.07 Å². The first kappa shape index (κ1) is 12.4. The van der Waals surface area contributed by atoms with Crippen molar-refractivity contribution in [1.29, 1.82) is 0 Å². The molecule has 0 saturated heterocycles. The number of sulfonamides is 1. The highest BCUT2D eigenvalue weighted by molar-refractivity contribution is 7.89. The number of benzene rings is 1. The molecule has 0 aliphatic heterocycles. The van der Waals surface area contributed by atoms with Crippen LogP contribution in [0.3, 0.4) is 0 Å². The van der Waals surface area contributed by atoms with Crippen LogP contribution in [-0.2, 0) is 10.0 Å². The van der Waals surface area contributed by atoms with Gasteiger partial charge in [-0.15, -0.1) is 0 Å². The molecule has 0 spiro atoms. The maximum absolute atomic E-state index is 11.4. The highest BCUT2D eigenvalue weighted by atomic mass is 32.2. The third-order valence-corrected chi connectivity index (χ3v) is 4.42. The Kier molecular flexibility index (Phi) is 3.40. The van der Waals surface area contributed by atoms with Gasteiger partial charge in [-0.25, -0.2) is 13.6 Å². The lowest BCUT2D eigenvalue weighted by Crippen LogP contribution is -2.16. The first-order valence-corrected chi connectivity index (χ1v) is 7.46. The Hall–Kier alpha value is -1.07. The van der Waals surface area contributed by atoms with Gasteiger partial charge in [0.25, 0.3) is 0 Å². The van der Waals surface area contributed by atoms with Gasteiger partial charge in [0.1, 0.15) is 4.90 Å². The van der Waals surface area contributed by atoms with Gasteiger partial charge < -0.3 is 5.73 Å². The van der Waals surface area contributed by atoms with Crippen LogP contribution in [0.4, 0.5) is 5.69 Å². The van der Waals surface area contributed by atoms with E-state index >= 15 is 0 Å². The Morgan fingerprint density at radius 1 is 1.12 bits per heavy atom. The fourth-order valence-corrected chi connectivity index (χ4v) is 3.27. The minimum atomic E-state index is -3.72. The van der Waals surface area contributed by atoms with Gasteiger partial charge >= 0.3 is 0 Å². The molecular formula is C12H18N2O2S. The van der Waals surface area contributed by atoms with Crippen LogP contribution in [-0.4, -0.2) is 8.42 Å². The smallest absolute Gasteiger partial charge is 0.240 e. The average Bonchev–Trinajstić information content (AvgIpc) is 2.29. The number of rotatable bonds is 2. The summed E-state index contributed by atoms with van der Waals surface area (Å²) in [6.45, 7) is 0. The highest BCUT2D eigenvalue weighted by Crippen LogP contribution is 2.37. The molecule has 4 N–H and O–H groups in total. The monoisotopic (exact) mass is 254 g/mol. The SMILES string of the molecule is Nc1c(C2CCCCC2)cccc1S(N)(=O)=O. The van der Waals surface area contributed by atoms with Crippen molar-refractivity contribution in [2.75, 3.05) is 5.73 Å². The molecule has 1 saturated carbocycles. The van der Waals surface area contributed by atoms with E-state index in [1.165, 1.54) is 25.3 Å². The van der Waals surface area contributed by atoms with Crippen molar-refractivity contribution in [3.8, 4) is 0 Å². The summed E-state index contributed by atoms with van der Waals surface area (Å²) < 4.78 is 22.8. The van der Waals surface area contributed by atoms with E-state index in [1.807, 2.05) is 6.07 Å². The van der Waals surface area contributed by atoms with E-state index in [0.717, 1.165) is 18.4 Å². The predicted octanol–water partition coefficient (Wildman–Crippen LogP) is 1.96. The Morgan fingerprint density at radius 3 is 2.35 bits per heavy atom. The van der Waals surface area contributed by atoms with Crippen LogP contribution in [0, 0.1) is 0 Å². The van der Waals surface area contributed by atoms with Crippen LogP contribution < -0.4 is 10.9 Å². The predicted molar refractivity (Wildman–Crippen MR) is 68.1 cm³/mol. The van der Waals surface area contributed by atoms with Gasteiger partial charge in [-0.1, -0.05) is 31.4 Å². The zero-order valence-electron chi connectivity index (χ0n) is 9.72. The van der Waals surface area contributed by atoms with E-state index in [0.29, 0.717) is 11.6 Å². The van der Waals surface area contributed by atoms with Crippen molar-refractivity contribution >= 4 is 15.7 Å². The molecule has 5 heteroatoms. The molecule has 17 heavy (non-hydrogen) atoms. The molecule has 1 aliphatic rings. The van der Waals surface area contributed by atoms with Gasteiger partial charge in [-0.3, -0.25) is 0 Å². The summed E-state index contributed by atoms with van der Waals surface area (Å²) in [7, 11) is -3.72.